The highest BCUT2D eigenvalue weighted by molar-refractivity contribution is 5.32. The predicted molar refractivity (Wildman–Crippen MR) is 83.9 cm³/mol. The molecule has 1 heterocycles. The minimum Gasteiger partial charge on any atom is -0.494 e. The number of ether oxygens (including phenoxy) is 1. The van der Waals surface area contributed by atoms with E-state index >= 15 is 0 Å². The van der Waals surface area contributed by atoms with E-state index in [9.17, 15) is 0 Å². The van der Waals surface area contributed by atoms with Crippen LogP contribution in [-0.4, -0.2) is 16.2 Å². The summed E-state index contributed by atoms with van der Waals surface area (Å²) in [5, 5.41) is 0. The van der Waals surface area contributed by atoms with Crippen molar-refractivity contribution >= 4 is 0 Å². The number of hydrogen-bond acceptors (Lipinski definition) is 4. The third-order valence-electron chi connectivity index (χ3n) is 3.49. The van der Waals surface area contributed by atoms with Crippen LogP contribution in [0.2, 0.25) is 0 Å². The number of hydrazine groups is 1. The zero-order valence-electron chi connectivity index (χ0n) is 12.7. The molecule has 0 spiro atoms. The Bertz CT molecular complexity index is 535. The third-order valence-corrected chi connectivity index (χ3v) is 3.49. The van der Waals surface area contributed by atoms with Crippen LogP contribution in [0.3, 0.4) is 0 Å². The van der Waals surface area contributed by atoms with Crippen LogP contribution in [0.5, 0.6) is 5.75 Å². The lowest BCUT2D eigenvalue weighted by Gasteiger charge is -2.17. The lowest BCUT2D eigenvalue weighted by molar-refractivity contribution is 0.309. The van der Waals surface area contributed by atoms with E-state index in [0.29, 0.717) is 0 Å². The van der Waals surface area contributed by atoms with Crippen LogP contribution in [0.25, 0.3) is 0 Å². The zero-order chi connectivity index (χ0) is 15.1. The fourth-order valence-corrected chi connectivity index (χ4v) is 2.26. The quantitative estimate of drug-likeness (QED) is 0.445. The summed E-state index contributed by atoms with van der Waals surface area (Å²) in [6.45, 7) is 5.86. The maximum atomic E-state index is 5.72. The first-order chi connectivity index (χ1) is 10.3. The zero-order valence-corrected chi connectivity index (χ0v) is 12.7. The third kappa shape index (κ3) is 3.83. The molecule has 0 aliphatic rings. The molecule has 0 saturated carbocycles. The molecule has 0 aliphatic heterocycles. The van der Waals surface area contributed by atoms with E-state index in [-0.39, 0.29) is 6.04 Å². The van der Waals surface area contributed by atoms with Crippen molar-refractivity contribution in [3.63, 3.8) is 0 Å². The Labute approximate surface area is 126 Å². The lowest BCUT2D eigenvalue weighted by atomic mass is 10.1. The van der Waals surface area contributed by atoms with E-state index in [0.717, 1.165) is 43.1 Å². The van der Waals surface area contributed by atoms with Crippen molar-refractivity contribution < 1.29 is 4.74 Å². The summed E-state index contributed by atoms with van der Waals surface area (Å²) in [5.41, 5.74) is 3.91. The van der Waals surface area contributed by atoms with Crippen LogP contribution in [-0.2, 0) is 6.54 Å². The molecular formula is C16H24N4O. The largest absolute Gasteiger partial charge is 0.494 e. The first-order valence-electron chi connectivity index (χ1n) is 7.50. The van der Waals surface area contributed by atoms with Gasteiger partial charge in [0.2, 0.25) is 0 Å². The molecule has 5 nitrogen and oxygen atoms in total. The number of aromatic nitrogens is 2. The average Bonchev–Trinajstić information content (AvgIpc) is 2.98. The summed E-state index contributed by atoms with van der Waals surface area (Å²) in [6, 6.07) is 7.90. The monoisotopic (exact) mass is 288 g/mol. The fraction of sp³-hybridized carbons (Fsp3) is 0.438. The van der Waals surface area contributed by atoms with Gasteiger partial charge >= 0.3 is 0 Å². The standard InChI is InChI=1S/C16H24N4O/c1-3-5-12-21-14-8-6-13(7-9-14)15(19-17)16-18-10-11-20(16)4-2/h6-11,15,19H,3-5,12,17H2,1-2H3. The minimum atomic E-state index is -0.121. The van der Waals surface area contributed by atoms with Crippen molar-refractivity contribution in [2.75, 3.05) is 6.61 Å². The molecule has 0 bridgehead atoms. The smallest absolute Gasteiger partial charge is 0.131 e. The van der Waals surface area contributed by atoms with E-state index in [1.54, 1.807) is 6.20 Å². The Hall–Kier alpha value is -1.85. The number of imidazole rings is 1. The summed E-state index contributed by atoms with van der Waals surface area (Å²) in [5.74, 6) is 7.53. The molecule has 114 valence electrons. The van der Waals surface area contributed by atoms with Crippen molar-refractivity contribution in [1.29, 1.82) is 0 Å². The second-order valence-corrected chi connectivity index (χ2v) is 4.94. The molecule has 3 N–H and O–H groups in total. The predicted octanol–water partition coefficient (Wildman–Crippen LogP) is 2.63. The molecule has 0 amide bonds. The Kier molecular flexibility index (Phi) is 5.78. The molecule has 2 rings (SSSR count). The van der Waals surface area contributed by atoms with Crippen molar-refractivity contribution in [2.24, 2.45) is 5.84 Å². The number of unbranched alkanes of at least 4 members (excludes halogenated alkanes) is 1. The summed E-state index contributed by atoms with van der Waals surface area (Å²) < 4.78 is 7.76. The van der Waals surface area contributed by atoms with Gasteiger partial charge in [0.15, 0.2) is 0 Å². The van der Waals surface area contributed by atoms with Crippen LogP contribution in [0.1, 0.15) is 44.1 Å². The Morgan fingerprint density at radius 2 is 2.05 bits per heavy atom. The van der Waals surface area contributed by atoms with Gasteiger partial charge in [-0.2, -0.15) is 0 Å². The molecule has 0 radical (unpaired) electrons. The van der Waals surface area contributed by atoms with E-state index in [4.69, 9.17) is 10.6 Å². The highest BCUT2D eigenvalue weighted by atomic mass is 16.5. The number of nitrogens with one attached hydrogen (secondary N) is 1. The van der Waals surface area contributed by atoms with Crippen molar-refractivity contribution in [2.45, 2.75) is 39.3 Å². The van der Waals surface area contributed by atoms with Gasteiger partial charge < -0.3 is 9.30 Å². The fourth-order valence-electron chi connectivity index (χ4n) is 2.26. The van der Waals surface area contributed by atoms with Gasteiger partial charge in [-0.25, -0.2) is 10.4 Å². The lowest BCUT2D eigenvalue weighted by Crippen LogP contribution is -2.31. The van der Waals surface area contributed by atoms with Gasteiger partial charge in [-0.3, -0.25) is 5.84 Å². The van der Waals surface area contributed by atoms with Crippen LogP contribution >= 0.6 is 0 Å². The number of nitrogens with two attached hydrogens (primary N) is 1. The highest BCUT2D eigenvalue weighted by Crippen LogP contribution is 2.22. The molecule has 0 aliphatic carbocycles. The van der Waals surface area contributed by atoms with E-state index in [1.165, 1.54) is 0 Å². The Balaban J connectivity index is 2.12. The average molecular weight is 288 g/mol. The number of aryl methyl sites for hydroxylation is 1. The maximum Gasteiger partial charge on any atom is 0.131 e. The van der Waals surface area contributed by atoms with Gasteiger partial charge in [0.1, 0.15) is 17.6 Å². The van der Waals surface area contributed by atoms with Crippen molar-refractivity contribution in [3.05, 3.63) is 48.0 Å². The Morgan fingerprint density at radius 1 is 1.29 bits per heavy atom. The second kappa shape index (κ2) is 7.81. The number of rotatable bonds is 8. The summed E-state index contributed by atoms with van der Waals surface area (Å²) in [7, 11) is 0. The maximum absolute atomic E-state index is 5.72. The van der Waals surface area contributed by atoms with Crippen molar-refractivity contribution in [1.82, 2.24) is 15.0 Å². The number of hydrogen-bond donors (Lipinski definition) is 2. The first kappa shape index (κ1) is 15.5. The van der Waals surface area contributed by atoms with Gasteiger partial charge in [-0.1, -0.05) is 25.5 Å². The topological polar surface area (TPSA) is 65.1 Å². The number of benzene rings is 1. The molecule has 1 aromatic heterocycles. The Morgan fingerprint density at radius 3 is 2.67 bits per heavy atom. The van der Waals surface area contributed by atoms with Crippen LogP contribution in [0.4, 0.5) is 0 Å². The van der Waals surface area contributed by atoms with Gasteiger partial charge in [0.05, 0.1) is 6.61 Å². The van der Waals surface area contributed by atoms with Gasteiger partial charge in [0.25, 0.3) is 0 Å². The van der Waals surface area contributed by atoms with Crippen LogP contribution in [0, 0.1) is 0 Å². The van der Waals surface area contributed by atoms with Gasteiger partial charge in [-0.15, -0.1) is 0 Å². The molecule has 1 unspecified atom stereocenters. The molecule has 0 fully saturated rings. The van der Waals surface area contributed by atoms with Gasteiger partial charge in [-0.05, 0) is 31.0 Å². The van der Waals surface area contributed by atoms with Gasteiger partial charge in [0, 0.05) is 18.9 Å². The number of nitrogens with zero attached hydrogens (tertiary/aromatic N) is 2. The van der Waals surface area contributed by atoms with Crippen LogP contribution in [0.15, 0.2) is 36.7 Å². The SMILES string of the molecule is CCCCOc1ccc(C(NN)c2nccn2CC)cc1. The summed E-state index contributed by atoms with van der Waals surface area (Å²) in [6.07, 6.45) is 5.97. The molecular weight excluding hydrogens is 264 g/mol. The minimum absolute atomic E-state index is 0.121. The molecule has 5 heteroatoms. The molecule has 21 heavy (non-hydrogen) atoms. The molecule has 1 aromatic carbocycles. The van der Waals surface area contributed by atoms with E-state index in [2.05, 4.69) is 28.8 Å². The van der Waals surface area contributed by atoms with Crippen molar-refractivity contribution in [3.8, 4) is 5.75 Å². The molecule has 0 saturated heterocycles. The molecule has 1 atom stereocenters. The van der Waals surface area contributed by atoms with Crippen LogP contribution < -0.4 is 16.0 Å². The summed E-state index contributed by atoms with van der Waals surface area (Å²) in [4.78, 5) is 4.41. The first-order valence-corrected chi connectivity index (χ1v) is 7.50. The van der Waals surface area contributed by atoms with E-state index in [1.807, 2.05) is 30.5 Å². The molecule has 2 aromatic rings. The second-order valence-electron chi connectivity index (χ2n) is 4.94. The summed E-state index contributed by atoms with van der Waals surface area (Å²) >= 11 is 0. The highest BCUT2D eigenvalue weighted by Gasteiger charge is 2.17. The van der Waals surface area contributed by atoms with E-state index < -0.39 is 0 Å². The normalized spacial score (nSPS) is 12.3.